The summed E-state index contributed by atoms with van der Waals surface area (Å²) in [5.41, 5.74) is 0.490. The van der Waals surface area contributed by atoms with E-state index >= 15 is 0 Å². The van der Waals surface area contributed by atoms with Crippen molar-refractivity contribution in [2.75, 3.05) is 5.32 Å². The molecule has 0 saturated heterocycles. The largest absolute Gasteiger partial charge is 0.417 e. The summed E-state index contributed by atoms with van der Waals surface area (Å²) in [7, 11) is 0. The SMILES string of the molecule is FC(F)(F)c1cccc2c1Sc1ccccc1NC2=S. The van der Waals surface area contributed by atoms with Gasteiger partial charge in [-0.2, -0.15) is 13.2 Å². The van der Waals surface area contributed by atoms with Gasteiger partial charge in [-0.05, 0) is 18.2 Å². The summed E-state index contributed by atoms with van der Waals surface area (Å²) in [6.07, 6.45) is -4.40. The van der Waals surface area contributed by atoms with Gasteiger partial charge in [0.2, 0.25) is 0 Å². The lowest BCUT2D eigenvalue weighted by molar-refractivity contribution is -0.139. The van der Waals surface area contributed by atoms with Crippen LogP contribution in [0.15, 0.2) is 52.3 Å². The summed E-state index contributed by atoms with van der Waals surface area (Å²) < 4.78 is 39.4. The van der Waals surface area contributed by atoms with Gasteiger partial charge in [-0.15, -0.1) is 0 Å². The fraction of sp³-hybridized carbons (Fsp3) is 0.0714. The van der Waals surface area contributed by atoms with E-state index in [0.29, 0.717) is 10.6 Å². The van der Waals surface area contributed by atoms with E-state index in [9.17, 15) is 13.2 Å². The van der Waals surface area contributed by atoms with E-state index in [-0.39, 0.29) is 4.90 Å². The van der Waals surface area contributed by atoms with Gasteiger partial charge in [0.05, 0.1) is 11.3 Å². The van der Waals surface area contributed by atoms with Gasteiger partial charge in [0, 0.05) is 15.4 Å². The molecule has 6 heteroatoms. The summed E-state index contributed by atoms with van der Waals surface area (Å²) in [5.74, 6) is 0. The van der Waals surface area contributed by atoms with Gasteiger partial charge in [-0.25, -0.2) is 0 Å². The second-order valence-electron chi connectivity index (χ2n) is 4.23. The first-order chi connectivity index (χ1) is 9.47. The van der Waals surface area contributed by atoms with Gasteiger partial charge in [0.1, 0.15) is 4.99 Å². The third kappa shape index (κ3) is 2.29. The molecule has 0 spiro atoms. The summed E-state index contributed by atoms with van der Waals surface area (Å²) >= 11 is 6.30. The number of para-hydroxylation sites is 1. The number of hydrogen-bond acceptors (Lipinski definition) is 2. The Balaban J connectivity index is 2.23. The van der Waals surface area contributed by atoms with Gasteiger partial charge in [0.25, 0.3) is 0 Å². The molecule has 1 aliphatic rings. The zero-order valence-corrected chi connectivity index (χ0v) is 11.6. The molecule has 0 radical (unpaired) electrons. The van der Waals surface area contributed by atoms with Crippen LogP contribution in [0.2, 0.25) is 0 Å². The molecule has 0 bridgehead atoms. The maximum Gasteiger partial charge on any atom is 0.417 e. The van der Waals surface area contributed by atoms with Crippen molar-refractivity contribution in [2.24, 2.45) is 0 Å². The molecule has 20 heavy (non-hydrogen) atoms. The summed E-state index contributed by atoms with van der Waals surface area (Å²) in [4.78, 5) is 1.19. The maximum absolute atomic E-state index is 13.1. The van der Waals surface area contributed by atoms with Crippen molar-refractivity contribution in [1.82, 2.24) is 0 Å². The highest BCUT2D eigenvalue weighted by Gasteiger charge is 2.35. The number of nitrogens with one attached hydrogen (secondary N) is 1. The highest BCUT2D eigenvalue weighted by molar-refractivity contribution is 7.99. The van der Waals surface area contributed by atoms with Crippen LogP contribution in [0.4, 0.5) is 18.9 Å². The molecule has 102 valence electrons. The number of benzene rings is 2. The molecule has 3 rings (SSSR count). The molecule has 1 aliphatic heterocycles. The normalized spacial score (nSPS) is 14.1. The Morgan fingerprint density at radius 3 is 2.50 bits per heavy atom. The van der Waals surface area contributed by atoms with E-state index in [2.05, 4.69) is 5.32 Å². The van der Waals surface area contributed by atoms with E-state index in [1.165, 1.54) is 6.07 Å². The van der Waals surface area contributed by atoms with Gasteiger partial charge < -0.3 is 5.32 Å². The molecular weight excluding hydrogens is 303 g/mol. The molecule has 2 aromatic carbocycles. The second kappa shape index (κ2) is 4.79. The van der Waals surface area contributed by atoms with Crippen LogP contribution in [-0.4, -0.2) is 4.99 Å². The molecule has 2 aromatic rings. The van der Waals surface area contributed by atoms with Crippen molar-refractivity contribution >= 4 is 34.7 Å². The Morgan fingerprint density at radius 1 is 1.00 bits per heavy atom. The van der Waals surface area contributed by atoms with Crippen molar-refractivity contribution in [3.8, 4) is 0 Å². The lowest BCUT2D eigenvalue weighted by atomic mass is 10.1. The van der Waals surface area contributed by atoms with Crippen LogP contribution in [0.3, 0.4) is 0 Å². The summed E-state index contributed by atoms with van der Waals surface area (Å²) in [6, 6.07) is 11.3. The van der Waals surface area contributed by atoms with Gasteiger partial charge in [0.15, 0.2) is 0 Å². The molecule has 1 nitrogen and oxygen atoms in total. The molecular formula is C14H8F3NS2. The first-order valence-corrected chi connectivity index (χ1v) is 6.98. The maximum atomic E-state index is 13.1. The minimum absolute atomic E-state index is 0.155. The number of anilines is 1. The minimum Gasteiger partial charge on any atom is -0.345 e. The molecule has 0 aromatic heterocycles. The molecule has 1 heterocycles. The monoisotopic (exact) mass is 311 g/mol. The van der Waals surface area contributed by atoms with Crippen LogP contribution in [0, 0.1) is 0 Å². The highest BCUT2D eigenvalue weighted by Crippen LogP contribution is 2.45. The van der Waals surface area contributed by atoms with Crippen LogP contribution in [0.25, 0.3) is 0 Å². The predicted octanol–water partition coefficient (Wildman–Crippen LogP) is 4.96. The molecule has 0 saturated carbocycles. The Kier molecular flexibility index (Phi) is 3.22. The van der Waals surface area contributed by atoms with Crippen LogP contribution in [-0.2, 0) is 6.18 Å². The summed E-state index contributed by atoms with van der Waals surface area (Å²) in [6.45, 7) is 0. The fourth-order valence-electron chi connectivity index (χ4n) is 2.01. The second-order valence-corrected chi connectivity index (χ2v) is 5.69. The predicted molar refractivity (Wildman–Crippen MR) is 77.3 cm³/mol. The minimum atomic E-state index is -4.40. The van der Waals surface area contributed by atoms with Gasteiger partial charge >= 0.3 is 6.18 Å². The van der Waals surface area contributed by atoms with Crippen molar-refractivity contribution in [2.45, 2.75) is 16.0 Å². The molecule has 1 N–H and O–H groups in total. The van der Waals surface area contributed by atoms with Gasteiger partial charge in [-0.3, -0.25) is 0 Å². The van der Waals surface area contributed by atoms with E-state index in [1.807, 2.05) is 6.07 Å². The Labute approximate surface area is 123 Å². The quantitative estimate of drug-likeness (QED) is 0.691. The lowest BCUT2D eigenvalue weighted by Crippen LogP contribution is -2.13. The smallest absolute Gasteiger partial charge is 0.345 e. The van der Waals surface area contributed by atoms with E-state index in [4.69, 9.17) is 12.2 Å². The van der Waals surface area contributed by atoms with Crippen molar-refractivity contribution in [3.63, 3.8) is 0 Å². The number of thiocarbonyl (C=S) groups is 1. The number of alkyl halides is 3. The molecule has 0 atom stereocenters. The average molecular weight is 311 g/mol. The van der Waals surface area contributed by atoms with Crippen LogP contribution in [0.1, 0.15) is 11.1 Å². The zero-order valence-electron chi connectivity index (χ0n) is 9.99. The van der Waals surface area contributed by atoms with Crippen LogP contribution < -0.4 is 5.32 Å². The number of rotatable bonds is 0. The zero-order chi connectivity index (χ0) is 14.3. The van der Waals surface area contributed by atoms with Crippen LogP contribution >= 0.6 is 24.0 Å². The standard InChI is InChI=1S/C14H8F3NS2/c15-14(16,17)9-5-3-4-8-12(9)20-11-7-2-1-6-10(11)18-13(8)19/h1-7H,(H,18,19). The van der Waals surface area contributed by atoms with Gasteiger partial charge in [-0.1, -0.05) is 48.2 Å². The average Bonchev–Trinajstić information content (AvgIpc) is 2.53. The third-order valence-corrected chi connectivity index (χ3v) is 4.45. The van der Waals surface area contributed by atoms with Crippen molar-refractivity contribution in [1.29, 1.82) is 0 Å². The van der Waals surface area contributed by atoms with Crippen LogP contribution in [0.5, 0.6) is 0 Å². The first kappa shape index (κ1) is 13.5. The summed E-state index contributed by atoms with van der Waals surface area (Å²) in [5, 5.41) is 3.00. The van der Waals surface area contributed by atoms with E-state index in [1.54, 1.807) is 24.3 Å². The first-order valence-electron chi connectivity index (χ1n) is 5.75. The third-order valence-electron chi connectivity index (χ3n) is 2.91. The highest BCUT2D eigenvalue weighted by atomic mass is 32.2. The topological polar surface area (TPSA) is 12.0 Å². The molecule has 0 amide bonds. The number of fused-ring (bicyclic) bond motifs is 2. The molecule has 0 fully saturated rings. The Morgan fingerprint density at radius 2 is 1.75 bits per heavy atom. The van der Waals surface area contributed by atoms with E-state index < -0.39 is 11.7 Å². The number of hydrogen-bond donors (Lipinski definition) is 1. The van der Waals surface area contributed by atoms with E-state index in [0.717, 1.165) is 28.4 Å². The molecule has 0 unspecified atom stereocenters. The number of halogens is 3. The molecule has 0 aliphatic carbocycles. The lowest BCUT2D eigenvalue weighted by Gasteiger charge is -2.14. The Hall–Kier alpha value is -1.53. The van der Waals surface area contributed by atoms with Crippen molar-refractivity contribution in [3.05, 3.63) is 53.6 Å². The Bertz CT molecular complexity index is 695. The fourth-order valence-corrected chi connectivity index (χ4v) is 3.52. The van der Waals surface area contributed by atoms with Crippen molar-refractivity contribution < 1.29 is 13.2 Å².